The number of nitrogens with one attached hydrogen (secondary N) is 1. The molecule has 6 nitrogen and oxygen atoms in total. The van der Waals surface area contributed by atoms with Crippen LogP contribution < -0.4 is 10.1 Å². The zero-order valence-electron chi connectivity index (χ0n) is 14.6. The van der Waals surface area contributed by atoms with Gasteiger partial charge in [0.2, 0.25) is 11.8 Å². The second-order valence-electron chi connectivity index (χ2n) is 5.49. The van der Waals surface area contributed by atoms with Gasteiger partial charge in [0.05, 0.1) is 6.61 Å². The van der Waals surface area contributed by atoms with Crippen molar-refractivity contribution in [3.63, 3.8) is 0 Å². The summed E-state index contributed by atoms with van der Waals surface area (Å²) in [5.74, 6) is 1.65. The van der Waals surface area contributed by atoms with Crippen LogP contribution in [0.3, 0.4) is 0 Å². The fourth-order valence-electron chi connectivity index (χ4n) is 2.27. The van der Waals surface area contributed by atoms with Gasteiger partial charge in [-0.1, -0.05) is 29.4 Å². The summed E-state index contributed by atoms with van der Waals surface area (Å²) in [5.41, 5.74) is 1.49. The summed E-state index contributed by atoms with van der Waals surface area (Å²) in [7, 11) is 0. The summed E-state index contributed by atoms with van der Waals surface area (Å²) in [6.07, 6.45) is 0.317. The van der Waals surface area contributed by atoms with Crippen molar-refractivity contribution in [1.29, 1.82) is 0 Å². The Balaban J connectivity index is 1.48. The maximum Gasteiger partial charge on any atom is 0.276 e. The van der Waals surface area contributed by atoms with Crippen molar-refractivity contribution in [3.05, 3.63) is 53.6 Å². The molecule has 1 heterocycles. The lowest BCUT2D eigenvalue weighted by Crippen LogP contribution is -2.12. The van der Waals surface area contributed by atoms with Crippen molar-refractivity contribution in [3.8, 4) is 17.2 Å². The minimum atomic E-state index is -0.101. The molecule has 0 atom stereocenters. The Hall–Kier alpha value is -2.51. The number of hydrogen-bond acceptors (Lipinski definition) is 6. The van der Waals surface area contributed by atoms with Crippen LogP contribution in [0.2, 0.25) is 5.02 Å². The number of halogens is 1. The van der Waals surface area contributed by atoms with E-state index in [0.29, 0.717) is 40.6 Å². The zero-order valence-corrected chi connectivity index (χ0v) is 16.2. The molecule has 0 aliphatic heterocycles. The first-order valence-electron chi connectivity index (χ1n) is 8.39. The molecular weight excluding hydrogens is 386 g/mol. The molecule has 1 amide bonds. The molecule has 0 radical (unpaired) electrons. The molecule has 0 bridgehead atoms. The van der Waals surface area contributed by atoms with Crippen LogP contribution in [0.1, 0.15) is 13.3 Å². The molecule has 8 heteroatoms. The molecule has 1 aromatic heterocycles. The standard InChI is InChI=1S/C19H18ClN3O3S/c1-2-25-16-8-6-13(7-9-16)18-22-23-19(26-18)27-11-10-17(24)21-15-5-3-4-14(20)12-15/h3-9,12H,2,10-11H2,1H3,(H,21,24). The number of aromatic nitrogens is 2. The quantitative estimate of drug-likeness (QED) is 0.538. The molecule has 3 aromatic rings. The number of benzene rings is 2. The summed E-state index contributed by atoms with van der Waals surface area (Å²) in [4.78, 5) is 12.0. The number of nitrogens with zero attached hydrogens (tertiary/aromatic N) is 2. The molecule has 3 rings (SSSR count). The molecule has 0 fully saturated rings. The van der Waals surface area contributed by atoms with Gasteiger partial charge in [0.25, 0.3) is 5.22 Å². The summed E-state index contributed by atoms with van der Waals surface area (Å²) in [6, 6.07) is 14.5. The Morgan fingerprint density at radius 1 is 1.22 bits per heavy atom. The molecule has 2 aromatic carbocycles. The maximum atomic E-state index is 12.0. The number of thioether (sulfide) groups is 1. The van der Waals surface area contributed by atoms with E-state index in [2.05, 4.69) is 15.5 Å². The Kier molecular flexibility index (Phi) is 6.73. The number of hydrogen-bond donors (Lipinski definition) is 1. The highest BCUT2D eigenvalue weighted by atomic mass is 35.5. The highest BCUT2D eigenvalue weighted by Crippen LogP contribution is 2.25. The first-order valence-corrected chi connectivity index (χ1v) is 9.75. The predicted molar refractivity (Wildman–Crippen MR) is 106 cm³/mol. The third-order valence-corrected chi connectivity index (χ3v) is 4.54. The van der Waals surface area contributed by atoms with Crippen molar-refractivity contribution < 1.29 is 13.9 Å². The molecule has 0 saturated carbocycles. The van der Waals surface area contributed by atoms with Gasteiger partial charge in [-0.05, 0) is 49.4 Å². The highest BCUT2D eigenvalue weighted by Gasteiger charge is 2.10. The van der Waals surface area contributed by atoms with Crippen LogP contribution in [0.4, 0.5) is 5.69 Å². The second-order valence-corrected chi connectivity index (χ2v) is 6.97. The largest absolute Gasteiger partial charge is 0.494 e. The molecule has 1 N–H and O–H groups in total. The molecule has 0 aliphatic rings. The van der Waals surface area contributed by atoms with Gasteiger partial charge in [0.15, 0.2) is 0 Å². The van der Waals surface area contributed by atoms with Gasteiger partial charge >= 0.3 is 0 Å². The number of anilines is 1. The number of carbonyl (C=O) groups is 1. The molecule has 0 spiro atoms. The number of amides is 1. The van der Waals surface area contributed by atoms with E-state index in [1.165, 1.54) is 11.8 Å². The second kappa shape index (κ2) is 9.43. The fraction of sp³-hybridized carbons (Fsp3) is 0.211. The van der Waals surface area contributed by atoms with Crippen LogP contribution in [-0.4, -0.2) is 28.5 Å². The summed E-state index contributed by atoms with van der Waals surface area (Å²) < 4.78 is 11.0. The predicted octanol–water partition coefficient (Wildman–Crippen LogP) is 4.91. The molecular formula is C19H18ClN3O3S. The first-order chi connectivity index (χ1) is 13.1. The average Bonchev–Trinajstić information content (AvgIpc) is 3.11. The normalized spacial score (nSPS) is 10.6. The Bertz CT molecular complexity index is 899. The van der Waals surface area contributed by atoms with Gasteiger partial charge in [-0.25, -0.2) is 0 Å². The summed E-state index contributed by atoms with van der Waals surface area (Å²) in [5, 5.41) is 11.9. The van der Waals surface area contributed by atoms with Gasteiger partial charge in [-0.3, -0.25) is 4.79 Å². The molecule has 0 saturated heterocycles. The number of rotatable bonds is 8. The van der Waals surface area contributed by atoms with E-state index in [1.807, 2.05) is 31.2 Å². The van der Waals surface area contributed by atoms with Crippen LogP contribution in [0.5, 0.6) is 5.75 Å². The van der Waals surface area contributed by atoms with Crippen molar-refractivity contribution in [2.75, 3.05) is 17.7 Å². The van der Waals surface area contributed by atoms with Crippen molar-refractivity contribution in [2.24, 2.45) is 0 Å². The van der Waals surface area contributed by atoms with E-state index >= 15 is 0 Å². The van der Waals surface area contributed by atoms with Crippen LogP contribution >= 0.6 is 23.4 Å². The maximum absolute atomic E-state index is 12.0. The van der Waals surface area contributed by atoms with Gasteiger partial charge < -0.3 is 14.5 Å². The lowest BCUT2D eigenvalue weighted by atomic mass is 10.2. The van der Waals surface area contributed by atoms with E-state index in [-0.39, 0.29) is 5.91 Å². The third kappa shape index (κ3) is 5.74. The number of carbonyl (C=O) groups excluding carboxylic acids is 1. The average molecular weight is 404 g/mol. The van der Waals surface area contributed by atoms with Gasteiger partial charge in [-0.15, -0.1) is 10.2 Å². The minimum absolute atomic E-state index is 0.101. The van der Waals surface area contributed by atoms with Crippen molar-refractivity contribution >= 4 is 35.0 Å². The molecule has 0 unspecified atom stereocenters. The zero-order chi connectivity index (χ0) is 19.1. The Labute approximate surface area is 166 Å². The van der Waals surface area contributed by atoms with Crippen LogP contribution in [0.25, 0.3) is 11.5 Å². The summed E-state index contributed by atoms with van der Waals surface area (Å²) in [6.45, 7) is 2.55. The minimum Gasteiger partial charge on any atom is -0.494 e. The SMILES string of the molecule is CCOc1ccc(-c2nnc(SCCC(=O)Nc3cccc(Cl)c3)o2)cc1. The Morgan fingerprint density at radius 3 is 2.78 bits per heavy atom. The van der Waals surface area contributed by atoms with E-state index in [4.69, 9.17) is 20.8 Å². The summed E-state index contributed by atoms with van der Waals surface area (Å²) >= 11 is 7.24. The van der Waals surface area contributed by atoms with E-state index in [0.717, 1.165) is 11.3 Å². The van der Waals surface area contributed by atoms with Gasteiger partial charge in [0, 0.05) is 28.4 Å². The van der Waals surface area contributed by atoms with Crippen LogP contribution in [0.15, 0.2) is 58.2 Å². The van der Waals surface area contributed by atoms with Gasteiger partial charge in [-0.2, -0.15) is 0 Å². The smallest absolute Gasteiger partial charge is 0.276 e. The first kappa shape index (κ1) is 19.3. The van der Waals surface area contributed by atoms with E-state index in [9.17, 15) is 4.79 Å². The van der Waals surface area contributed by atoms with Crippen LogP contribution in [-0.2, 0) is 4.79 Å². The molecule has 27 heavy (non-hydrogen) atoms. The Morgan fingerprint density at radius 2 is 2.04 bits per heavy atom. The number of ether oxygens (including phenoxy) is 1. The monoisotopic (exact) mass is 403 g/mol. The highest BCUT2D eigenvalue weighted by molar-refractivity contribution is 7.99. The topological polar surface area (TPSA) is 77.2 Å². The lowest BCUT2D eigenvalue weighted by Gasteiger charge is -2.04. The van der Waals surface area contributed by atoms with E-state index < -0.39 is 0 Å². The molecule has 140 valence electrons. The van der Waals surface area contributed by atoms with Gasteiger partial charge in [0.1, 0.15) is 5.75 Å². The van der Waals surface area contributed by atoms with Crippen molar-refractivity contribution in [2.45, 2.75) is 18.6 Å². The van der Waals surface area contributed by atoms with Crippen molar-refractivity contribution in [1.82, 2.24) is 10.2 Å². The molecule has 0 aliphatic carbocycles. The van der Waals surface area contributed by atoms with Crippen LogP contribution in [0, 0.1) is 0 Å². The lowest BCUT2D eigenvalue weighted by molar-refractivity contribution is -0.115. The fourth-order valence-corrected chi connectivity index (χ4v) is 3.15. The third-order valence-electron chi connectivity index (χ3n) is 3.48. The van der Waals surface area contributed by atoms with E-state index in [1.54, 1.807) is 24.3 Å².